The quantitative estimate of drug-likeness (QED) is 0.293. The fourth-order valence-corrected chi connectivity index (χ4v) is 1.74. The van der Waals surface area contributed by atoms with Crippen molar-refractivity contribution in [3.8, 4) is 5.75 Å². The van der Waals surface area contributed by atoms with E-state index in [0.29, 0.717) is 12.4 Å². The SMILES string of the molecule is CCOc1cc(NC(=O)c2nn[nH]n2)nc(NC(=O)c2nn[nH]n2)c1.[H-].[H-].[Na+].[Na+]. The van der Waals surface area contributed by atoms with Gasteiger partial charge in [0.15, 0.2) is 0 Å². The molecule has 16 heteroatoms. The van der Waals surface area contributed by atoms with Gasteiger partial charge >= 0.3 is 59.1 Å². The Hall–Kier alpha value is -1.97. The van der Waals surface area contributed by atoms with Gasteiger partial charge in [0.05, 0.1) is 6.61 Å². The summed E-state index contributed by atoms with van der Waals surface area (Å²) in [6.45, 7) is 2.16. The van der Waals surface area contributed by atoms with Gasteiger partial charge in [0.25, 0.3) is 23.5 Å². The van der Waals surface area contributed by atoms with Crippen molar-refractivity contribution in [2.75, 3.05) is 17.2 Å². The Morgan fingerprint density at radius 3 is 1.85 bits per heavy atom. The van der Waals surface area contributed by atoms with Gasteiger partial charge in [0.1, 0.15) is 17.4 Å². The third-order valence-electron chi connectivity index (χ3n) is 2.69. The number of H-pyrrole nitrogens is 2. The van der Waals surface area contributed by atoms with E-state index in [1.165, 1.54) is 12.1 Å². The predicted octanol–water partition coefficient (Wildman–Crippen LogP) is -6.76. The van der Waals surface area contributed by atoms with E-state index >= 15 is 0 Å². The number of hydrogen-bond donors (Lipinski definition) is 4. The molecule has 0 radical (unpaired) electrons. The second-order valence-electron chi connectivity index (χ2n) is 4.39. The summed E-state index contributed by atoms with van der Waals surface area (Å²) in [6.07, 6.45) is 0. The van der Waals surface area contributed by atoms with Crippen molar-refractivity contribution in [1.82, 2.24) is 46.2 Å². The third-order valence-corrected chi connectivity index (χ3v) is 2.69. The molecule has 3 aromatic heterocycles. The first-order chi connectivity index (χ1) is 12.2. The molecule has 0 aliphatic heterocycles. The van der Waals surface area contributed by atoms with E-state index in [0.717, 1.165) is 0 Å². The average molecular weight is 393 g/mol. The number of carbonyl (C=O) groups excluding carboxylic acids is 2. The minimum Gasteiger partial charge on any atom is -1.00 e. The molecule has 2 amide bonds. The molecule has 132 valence electrons. The maximum absolute atomic E-state index is 12.0. The Labute approximate surface area is 198 Å². The largest absolute Gasteiger partial charge is 1.00 e. The summed E-state index contributed by atoms with van der Waals surface area (Å²) in [4.78, 5) is 28.0. The van der Waals surface area contributed by atoms with Gasteiger partial charge in [-0.15, -0.1) is 20.4 Å². The Balaban J connectivity index is 0. The van der Waals surface area contributed by atoms with Crippen molar-refractivity contribution >= 4 is 23.5 Å². The Morgan fingerprint density at radius 2 is 1.48 bits per heavy atom. The third kappa shape index (κ3) is 6.30. The molecule has 0 saturated carbocycles. The summed E-state index contributed by atoms with van der Waals surface area (Å²) in [7, 11) is 0. The number of ether oxygens (including phenoxy) is 1. The number of tetrazole rings is 2. The maximum atomic E-state index is 12.0. The van der Waals surface area contributed by atoms with Crippen molar-refractivity contribution in [1.29, 1.82) is 0 Å². The zero-order valence-corrected chi connectivity index (χ0v) is 18.7. The standard InChI is InChI=1S/C11H11N11O3.2Na.2H/c1-2-25-5-3-6(13-10(23)8-15-19-20-16-8)12-7(4-5)14-11(24)9-17-21-22-18-9;;;;/h3-4H,2H2,1H3,(H,15,16,19,20)(H,17,18,21,22)(H2,12,13,14,23,24);;;;/q;2*+1;2*-1. The summed E-state index contributed by atoms with van der Waals surface area (Å²) in [5, 5.41) is 30.1. The summed E-state index contributed by atoms with van der Waals surface area (Å²) >= 11 is 0. The average Bonchev–Trinajstić information content (AvgIpc) is 3.29. The van der Waals surface area contributed by atoms with Crippen molar-refractivity contribution in [3.05, 3.63) is 23.8 Å². The van der Waals surface area contributed by atoms with Crippen LogP contribution in [0.3, 0.4) is 0 Å². The molecule has 0 saturated heterocycles. The molecular formula is C11H13N11Na2O3. The molecule has 0 aliphatic carbocycles. The van der Waals surface area contributed by atoms with Crippen LogP contribution in [0.1, 0.15) is 31.0 Å². The molecule has 0 atom stereocenters. The molecule has 3 rings (SSSR count). The van der Waals surface area contributed by atoms with Crippen LogP contribution >= 0.6 is 0 Å². The van der Waals surface area contributed by atoms with Crippen LogP contribution in [0.5, 0.6) is 5.75 Å². The van der Waals surface area contributed by atoms with Gasteiger partial charge in [-0.05, 0) is 17.4 Å². The fraction of sp³-hybridized carbons (Fsp3) is 0.182. The first-order valence-corrected chi connectivity index (χ1v) is 6.90. The van der Waals surface area contributed by atoms with Crippen LogP contribution < -0.4 is 74.5 Å². The topological polar surface area (TPSA) is 189 Å². The molecule has 0 aromatic carbocycles. The molecule has 4 N–H and O–H groups in total. The van der Waals surface area contributed by atoms with Crippen LogP contribution in [0.15, 0.2) is 12.1 Å². The van der Waals surface area contributed by atoms with Crippen LogP contribution in [0.2, 0.25) is 0 Å². The van der Waals surface area contributed by atoms with E-state index in [1.54, 1.807) is 6.92 Å². The van der Waals surface area contributed by atoms with Gasteiger partial charge in [-0.2, -0.15) is 10.4 Å². The molecule has 27 heavy (non-hydrogen) atoms. The second-order valence-corrected chi connectivity index (χ2v) is 4.39. The molecule has 0 fully saturated rings. The Bertz CT molecular complexity index is 816. The number of carbonyl (C=O) groups is 2. The second kappa shape index (κ2) is 11.0. The minimum absolute atomic E-state index is 0. The molecule has 0 bridgehead atoms. The molecule has 0 unspecified atom stereocenters. The van der Waals surface area contributed by atoms with Gasteiger partial charge in [0.2, 0.25) is 0 Å². The van der Waals surface area contributed by atoms with Crippen LogP contribution in [0.25, 0.3) is 0 Å². The normalized spacial score (nSPS) is 9.52. The number of anilines is 2. The van der Waals surface area contributed by atoms with E-state index < -0.39 is 11.8 Å². The maximum Gasteiger partial charge on any atom is 1.00 e. The Morgan fingerprint density at radius 1 is 1.00 bits per heavy atom. The number of aromatic amines is 2. The molecule has 0 aliphatic rings. The summed E-state index contributed by atoms with van der Waals surface area (Å²) in [5.74, 6) is -0.990. The first kappa shape index (κ1) is 23.1. The van der Waals surface area contributed by atoms with Crippen LogP contribution in [-0.2, 0) is 0 Å². The predicted molar refractivity (Wildman–Crippen MR) is 81.9 cm³/mol. The monoisotopic (exact) mass is 393 g/mol. The van der Waals surface area contributed by atoms with Gasteiger partial charge in [0, 0.05) is 12.1 Å². The number of nitrogens with zero attached hydrogens (tertiary/aromatic N) is 7. The van der Waals surface area contributed by atoms with E-state index in [4.69, 9.17) is 4.74 Å². The molecule has 3 aromatic rings. The van der Waals surface area contributed by atoms with Crippen LogP contribution in [0, 0.1) is 0 Å². The summed E-state index contributed by atoms with van der Waals surface area (Å²) < 4.78 is 5.39. The van der Waals surface area contributed by atoms with Gasteiger partial charge < -0.3 is 18.2 Å². The van der Waals surface area contributed by atoms with Gasteiger partial charge in [-0.3, -0.25) is 9.59 Å². The number of aromatic nitrogens is 9. The van der Waals surface area contributed by atoms with E-state index in [1.807, 2.05) is 0 Å². The molecule has 14 nitrogen and oxygen atoms in total. The van der Waals surface area contributed by atoms with E-state index in [9.17, 15) is 9.59 Å². The number of rotatable bonds is 6. The summed E-state index contributed by atoms with van der Waals surface area (Å²) in [6, 6.07) is 2.96. The zero-order valence-electron chi connectivity index (χ0n) is 16.7. The summed E-state index contributed by atoms with van der Waals surface area (Å²) in [5.41, 5.74) is 0. The van der Waals surface area contributed by atoms with E-state index in [-0.39, 0.29) is 85.3 Å². The van der Waals surface area contributed by atoms with Crippen molar-refractivity contribution < 1.29 is 76.3 Å². The smallest absolute Gasteiger partial charge is 1.00 e. The van der Waals surface area contributed by atoms with Crippen molar-refractivity contribution in [3.63, 3.8) is 0 Å². The number of pyridine rings is 1. The first-order valence-electron chi connectivity index (χ1n) is 6.90. The van der Waals surface area contributed by atoms with E-state index in [2.05, 4.69) is 56.9 Å². The number of nitrogens with one attached hydrogen (secondary N) is 4. The van der Waals surface area contributed by atoms with Gasteiger partial charge in [-0.25, -0.2) is 4.98 Å². The molecule has 3 heterocycles. The Kier molecular flexibility index (Phi) is 9.40. The zero-order chi connectivity index (χ0) is 17.6. The number of hydrogen-bond acceptors (Lipinski definition) is 10. The van der Waals surface area contributed by atoms with Gasteiger partial charge in [-0.1, -0.05) is 0 Å². The fourth-order valence-electron chi connectivity index (χ4n) is 1.74. The van der Waals surface area contributed by atoms with Crippen molar-refractivity contribution in [2.24, 2.45) is 0 Å². The van der Waals surface area contributed by atoms with Crippen LogP contribution in [0.4, 0.5) is 11.6 Å². The molecular weight excluding hydrogens is 380 g/mol. The van der Waals surface area contributed by atoms with Crippen molar-refractivity contribution in [2.45, 2.75) is 6.92 Å². The van der Waals surface area contributed by atoms with Crippen LogP contribution in [-0.4, -0.2) is 64.7 Å². The number of amides is 2. The molecule has 0 spiro atoms. The minimum atomic E-state index is -0.634.